The van der Waals surface area contributed by atoms with Gasteiger partial charge in [0.1, 0.15) is 6.07 Å². The fourth-order valence-corrected chi connectivity index (χ4v) is 2.02. The zero-order valence-electron chi connectivity index (χ0n) is 8.77. The van der Waals surface area contributed by atoms with Crippen molar-refractivity contribution in [1.82, 2.24) is 4.98 Å². The van der Waals surface area contributed by atoms with Crippen LogP contribution in [0.3, 0.4) is 0 Å². The first kappa shape index (κ1) is 9.78. The molecule has 2 rings (SSSR count). The Labute approximate surface area is 89.3 Å². The number of aromatic nitrogens is 1. The molecule has 1 aliphatic heterocycles. The summed E-state index contributed by atoms with van der Waals surface area (Å²) in [6.07, 6.45) is 3.94. The van der Waals surface area contributed by atoms with Crippen molar-refractivity contribution in [3.63, 3.8) is 0 Å². The standard InChI is InChI=1S/C11H14N4/c1-8-3-2-4-15(8)11-10(13)5-9(6-12)7-14-11/h5,7-8H,2-4,13H2,1H3. The molecule has 1 unspecified atom stereocenters. The van der Waals surface area contributed by atoms with Gasteiger partial charge < -0.3 is 10.6 Å². The summed E-state index contributed by atoms with van der Waals surface area (Å²) in [5, 5.41) is 8.71. The third kappa shape index (κ3) is 1.73. The highest BCUT2D eigenvalue weighted by Crippen LogP contribution is 2.28. The highest BCUT2D eigenvalue weighted by molar-refractivity contribution is 5.65. The van der Waals surface area contributed by atoms with Gasteiger partial charge in [-0.3, -0.25) is 0 Å². The average Bonchev–Trinajstić information content (AvgIpc) is 2.64. The number of hydrogen-bond donors (Lipinski definition) is 1. The molecule has 4 heteroatoms. The van der Waals surface area contributed by atoms with Crippen LogP contribution in [0.5, 0.6) is 0 Å². The number of rotatable bonds is 1. The first-order chi connectivity index (χ1) is 7.22. The fraction of sp³-hybridized carbons (Fsp3) is 0.455. The Kier molecular flexibility index (Phi) is 2.46. The molecule has 1 aromatic rings. The first-order valence-electron chi connectivity index (χ1n) is 5.14. The molecule has 1 aliphatic rings. The van der Waals surface area contributed by atoms with Crippen LogP contribution in [-0.4, -0.2) is 17.6 Å². The first-order valence-corrected chi connectivity index (χ1v) is 5.14. The van der Waals surface area contributed by atoms with Gasteiger partial charge >= 0.3 is 0 Å². The van der Waals surface area contributed by atoms with Gasteiger partial charge in [0.05, 0.1) is 11.3 Å². The summed E-state index contributed by atoms with van der Waals surface area (Å²) in [5.41, 5.74) is 7.00. The Bertz CT molecular complexity index is 408. The lowest BCUT2D eigenvalue weighted by Gasteiger charge is -2.23. The maximum Gasteiger partial charge on any atom is 0.152 e. The van der Waals surface area contributed by atoms with Crippen molar-refractivity contribution in [2.45, 2.75) is 25.8 Å². The van der Waals surface area contributed by atoms with Crippen molar-refractivity contribution in [2.24, 2.45) is 0 Å². The van der Waals surface area contributed by atoms with Gasteiger partial charge in [0.25, 0.3) is 0 Å². The number of nitriles is 1. The zero-order valence-corrected chi connectivity index (χ0v) is 8.77. The molecule has 15 heavy (non-hydrogen) atoms. The lowest BCUT2D eigenvalue weighted by Crippen LogP contribution is -2.28. The molecule has 0 amide bonds. The van der Waals surface area contributed by atoms with Crippen molar-refractivity contribution in [3.8, 4) is 6.07 Å². The minimum absolute atomic E-state index is 0.493. The van der Waals surface area contributed by atoms with Gasteiger partial charge in [0, 0.05) is 18.8 Å². The molecule has 1 fully saturated rings. The van der Waals surface area contributed by atoms with Gasteiger partial charge in [-0.15, -0.1) is 0 Å². The topological polar surface area (TPSA) is 65.9 Å². The summed E-state index contributed by atoms with van der Waals surface area (Å²) < 4.78 is 0. The monoisotopic (exact) mass is 202 g/mol. The second-order valence-electron chi connectivity index (χ2n) is 3.93. The quantitative estimate of drug-likeness (QED) is 0.749. The van der Waals surface area contributed by atoms with Crippen LogP contribution in [0.4, 0.5) is 11.5 Å². The molecule has 0 radical (unpaired) electrons. The molecule has 1 aromatic heterocycles. The van der Waals surface area contributed by atoms with Gasteiger partial charge in [-0.1, -0.05) is 0 Å². The van der Waals surface area contributed by atoms with Gasteiger partial charge in [0.15, 0.2) is 5.82 Å². The molecule has 1 atom stereocenters. The number of pyridine rings is 1. The van der Waals surface area contributed by atoms with E-state index in [0.717, 1.165) is 12.4 Å². The summed E-state index contributed by atoms with van der Waals surface area (Å²) in [6, 6.07) is 4.22. The smallest absolute Gasteiger partial charge is 0.152 e. The summed E-state index contributed by atoms with van der Waals surface area (Å²) >= 11 is 0. The number of nitrogen functional groups attached to an aromatic ring is 1. The van der Waals surface area contributed by atoms with Crippen LogP contribution in [0.25, 0.3) is 0 Å². The van der Waals surface area contributed by atoms with Gasteiger partial charge in [-0.25, -0.2) is 4.98 Å². The molecule has 0 aliphatic carbocycles. The number of nitrogens with two attached hydrogens (primary N) is 1. The van der Waals surface area contributed by atoms with Crippen LogP contribution < -0.4 is 10.6 Å². The average molecular weight is 202 g/mol. The zero-order chi connectivity index (χ0) is 10.8. The molecule has 78 valence electrons. The predicted octanol–water partition coefficient (Wildman–Crippen LogP) is 1.52. The van der Waals surface area contributed by atoms with Crippen molar-refractivity contribution in [1.29, 1.82) is 5.26 Å². The highest BCUT2D eigenvalue weighted by Gasteiger charge is 2.23. The SMILES string of the molecule is CC1CCCN1c1ncc(C#N)cc1N. The Morgan fingerprint density at radius 2 is 2.47 bits per heavy atom. The third-order valence-corrected chi connectivity index (χ3v) is 2.85. The molecule has 1 saturated heterocycles. The maximum atomic E-state index is 8.71. The molecule has 0 saturated carbocycles. The van der Waals surface area contributed by atoms with Crippen LogP contribution in [0.15, 0.2) is 12.3 Å². The Morgan fingerprint density at radius 1 is 1.67 bits per heavy atom. The van der Waals surface area contributed by atoms with Crippen molar-refractivity contribution in [2.75, 3.05) is 17.2 Å². The van der Waals surface area contributed by atoms with E-state index in [1.54, 1.807) is 12.3 Å². The Hall–Kier alpha value is -1.76. The van der Waals surface area contributed by atoms with E-state index in [2.05, 4.69) is 16.8 Å². The van der Waals surface area contributed by atoms with E-state index >= 15 is 0 Å². The van der Waals surface area contributed by atoms with E-state index < -0.39 is 0 Å². The van der Waals surface area contributed by atoms with E-state index in [1.165, 1.54) is 12.8 Å². The van der Waals surface area contributed by atoms with Crippen LogP contribution in [0.1, 0.15) is 25.3 Å². The molecule has 0 aromatic carbocycles. The van der Waals surface area contributed by atoms with Crippen molar-refractivity contribution < 1.29 is 0 Å². The van der Waals surface area contributed by atoms with Crippen LogP contribution in [-0.2, 0) is 0 Å². The molecule has 2 heterocycles. The van der Waals surface area contributed by atoms with Gasteiger partial charge in [-0.2, -0.15) is 5.26 Å². The third-order valence-electron chi connectivity index (χ3n) is 2.85. The summed E-state index contributed by atoms with van der Waals surface area (Å²) in [4.78, 5) is 6.46. The van der Waals surface area contributed by atoms with E-state index in [9.17, 15) is 0 Å². The molecular weight excluding hydrogens is 188 g/mol. The molecule has 4 nitrogen and oxygen atoms in total. The second kappa shape index (κ2) is 3.77. The summed E-state index contributed by atoms with van der Waals surface area (Å²) in [5.74, 6) is 0.819. The Balaban J connectivity index is 2.33. The maximum absolute atomic E-state index is 8.71. The normalized spacial score (nSPS) is 20.3. The highest BCUT2D eigenvalue weighted by atomic mass is 15.2. The number of nitrogens with zero attached hydrogens (tertiary/aromatic N) is 3. The second-order valence-corrected chi connectivity index (χ2v) is 3.93. The predicted molar refractivity (Wildman–Crippen MR) is 59.4 cm³/mol. The van der Waals surface area contributed by atoms with Crippen LogP contribution >= 0.6 is 0 Å². The van der Waals surface area contributed by atoms with E-state index in [4.69, 9.17) is 11.0 Å². The summed E-state index contributed by atoms with van der Waals surface area (Å²) in [6.45, 7) is 3.18. The van der Waals surface area contributed by atoms with E-state index in [-0.39, 0.29) is 0 Å². The minimum atomic E-state index is 0.493. The molecule has 0 bridgehead atoms. The van der Waals surface area contributed by atoms with Crippen LogP contribution in [0.2, 0.25) is 0 Å². The van der Waals surface area contributed by atoms with E-state index in [1.807, 2.05) is 6.07 Å². The van der Waals surface area contributed by atoms with E-state index in [0.29, 0.717) is 17.3 Å². The lowest BCUT2D eigenvalue weighted by atomic mass is 10.2. The minimum Gasteiger partial charge on any atom is -0.396 e. The van der Waals surface area contributed by atoms with Crippen molar-refractivity contribution in [3.05, 3.63) is 17.8 Å². The largest absolute Gasteiger partial charge is 0.396 e. The van der Waals surface area contributed by atoms with Gasteiger partial charge in [0.2, 0.25) is 0 Å². The number of anilines is 2. The molecular formula is C11H14N4. The molecule has 0 spiro atoms. The number of hydrogen-bond acceptors (Lipinski definition) is 4. The fourth-order valence-electron chi connectivity index (χ4n) is 2.02. The lowest BCUT2D eigenvalue weighted by molar-refractivity contribution is 0.728. The van der Waals surface area contributed by atoms with Crippen molar-refractivity contribution >= 4 is 11.5 Å². The molecule has 2 N–H and O–H groups in total. The van der Waals surface area contributed by atoms with Gasteiger partial charge in [-0.05, 0) is 25.8 Å². The van der Waals surface area contributed by atoms with Crippen LogP contribution in [0, 0.1) is 11.3 Å². The Morgan fingerprint density at radius 3 is 3.00 bits per heavy atom. The summed E-state index contributed by atoms with van der Waals surface area (Å²) in [7, 11) is 0.